The fourth-order valence-electron chi connectivity index (χ4n) is 4.51. The van der Waals surface area contributed by atoms with Crippen molar-refractivity contribution in [3.05, 3.63) is 63.0 Å². The zero-order chi connectivity index (χ0) is 23.7. The molecule has 2 aromatic carbocycles. The minimum absolute atomic E-state index is 0.0856. The van der Waals surface area contributed by atoms with E-state index in [2.05, 4.69) is 0 Å². The van der Waals surface area contributed by atoms with Gasteiger partial charge in [0.2, 0.25) is 0 Å². The van der Waals surface area contributed by atoms with Gasteiger partial charge in [0.1, 0.15) is 5.69 Å². The lowest BCUT2D eigenvalue weighted by molar-refractivity contribution is -0.384. The Bertz CT molecular complexity index is 1080. The number of carbonyl (C=O) groups excluding carboxylic acids is 1. The number of aryl methyl sites for hydroxylation is 1. The van der Waals surface area contributed by atoms with Crippen molar-refractivity contribution in [2.45, 2.75) is 26.2 Å². The summed E-state index contributed by atoms with van der Waals surface area (Å²) in [6.07, 6.45) is 2.96. The van der Waals surface area contributed by atoms with Gasteiger partial charge >= 0.3 is 0 Å². The molecule has 0 aliphatic carbocycles. The van der Waals surface area contributed by atoms with Gasteiger partial charge in [-0.05, 0) is 49.9 Å². The molecule has 176 valence electrons. The van der Waals surface area contributed by atoms with E-state index in [1.54, 1.807) is 4.90 Å². The van der Waals surface area contributed by atoms with Crippen LogP contribution < -0.4 is 9.80 Å². The number of hydrogen-bond donors (Lipinski definition) is 0. The predicted molar refractivity (Wildman–Crippen MR) is 118 cm³/mol. The number of halogens is 3. The summed E-state index contributed by atoms with van der Waals surface area (Å²) in [5.74, 6) is -3.14. The predicted octanol–water partition coefficient (Wildman–Crippen LogP) is 4.27. The van der Waals surface area contributed by atoms with E-state index in [-0.39, 0.29) is 24.3 Å². The number of nitrogens with zero attached hydrogens (tertiary/aromatic N) is 4. The number of hydrogen-bond acceptors (Lipinski definition) is 5. The summed E-state index contributed by atoms with van der Waals surface area (Å²) >= 11 is 0. The number of nitro groups is 1. The average Bonchev–Trinajstić information content (AvgIpc) is 2.81. The quantitative estimate of drug-likeness (QED) is 0.501. The lowest BCUT2D eigenvalue weighted by atomic mass is 10.1. The van der Waals surface area contributed by atoms with Crippen molar-refractivity contribution in [2.75, 3.05) is 49.1 Å². The fraction of sp³-hybridized carbons (Fsp3) is 0.435. The zero-order valence-electron chi connectivity index (χ0n) is 18.3. The molecule has 0 spiro atoms. The lowest BCUT2D eigenvalue weighted by Gasteiger charge is -2.37. The molecule has 0 atom stereocenters. The van der Waals surface area contributed by atoms with Gasteiger partial charge in [0.15, 0.2) is 17.5 Å². The first-order valence-electron chi connectivity index (χ1n) is 11.0. The van der Waals surface area contributed by atoms with Crippen molar-refractivity contribution in [2.24, 2.45) is 0 Å². The van der Waals surface area contributed by atoms with Crippen LogP contribution in [0.15, 0.2) is 24.3 Å². The first-order chi connectivity index (χ1) is 15.8. The second-order valence-electron chi connectivity index (χ2n) is 8.46. The van der Waals surface area contributed by atoms with Gasteiger partial charge in [0.05, 0.1) is 16.7 Å². The van der Waals surface area contributed by atoms with Crippen molar-refractivity contribution in [3.63, 3.8) is 0 Å². The highest BCUT2D eigenvalue weighted by Crippen LogP contribution is 2.36. The summed E-state index contributed by atoms with van der Waals surface area (Å²) in [5.41, 5.74) is 0.776. The van der Waals surface area contributed by atoms with E-state index in [0.717, 1.165) is 37.5 Å². The molecule has 0 aromatic heterocycles. The monoisotopic (exact) mass is 462 g/mol. The molecule has 2 fully saturated rings. The van der Waals surface area contributed by atoms with Crippen molar-refractivity contribution in [1.29, 1.82) is 0 Å². The average molecular weight is 462 g/mol. The molecule has 1 amide bonds. The van der Waals surface area contributed by atoms with E-state index >= 15 is 0 Å². The third kappa shape index (κ3) is 4.60. The van der Waals surface area contributed by atoms with Gasteiger partial charge in [-0.15, -0.1) is 0 Å². The summed E-state index contributed by atoms with van der Waals surface area (Å²) in [5, 5.41) is 11.6. The minimum atomic E-state index is -1.09. The van der Waals surface area contributed by atoms with Gasteiger partial charge in [-0.2, -0.15) is 0 Å². The van der Waals surface area contributed by atoms with Crippen molar-refractivity contribution >= 4 is 23.0 Å². The molecule has 33 heavy (non-hydrogen) atoms. The van der Waals surface area contributed by atoms with E-state index < -0.39 is 28.3 Å². The number of carbonyl (C=O) groups is 1. The molecule has 2 aliphatic heterocycles. The molecular weight excluding hydrogens is 437 g/mol. The summed E-state index contributed by atoms with van der Waals surface area (Å²) in [7, 11) is 0. The number of anilines is 2. The summed E-state index contributed by atoms with van der Waals surface area (Å²) in [6, 6.07) is 4.40. The van der Waals surface area contributed by atoms with Crippen LogP contribution in [0, 0.1) is 34.5 Å². The lowest BCUT2D eigenvalue weighted by Crippen LogP contribution is -2.49. The summed E-state index contributed by atoms with van der Waals surface area (Å²) in [6.45, 7) is 4.00. The number of piperazine rings is 1. The van der Waals surface area contributed by atoms with Crippen LogP contribution in [-0.2, 0) is 0 Å². The topological polar surface area (TPSA) is 69.9 Å². The first kappa shape index (κ1) is 22.9. The molecule has 0 bridgehead atoms. The molecule has 2 heterocycles. The Balaban J connectivity index is 1.55. The van der Waals surface area contributed by atoms with Gasteiger partial charge in [-0.1, -0.05) is 0 Å². The first-order valence-corrected chi connectivity index (χ1v) is 11.0. The number of amides is 1. The largest absolute Gasteiger partial charge is 0.369 e. The highest BCUT2D eigenvalue weighted by molar-refractivity contribution is 5.95. The van der Waals surface area contributed by atoms with Crippen LogP contribution >= 0.6 is 0 Å². The Hall–Kier alpha value is -3.30. The number of piperidine rings is 1. The molecule has 0 radical (unpaired) electrons. The van der Waals surface area contributed by atoms with Crippen LogP contribution in [-0.4, -0.2) is 55.0 Å². The second kappa shape index (κ2) is 9.29. The van der Waals surface area contributed by atoms with E-state index in [4.69, 9.17) is 0 Å². The molecule has 0 saturated carbocycles. The molecule has 2 aliphatic rings. The second-order valence-corrected chi connectivity index (χ2v) is 8.46. The van der Waals surface area contributed by atoms with Gasteiger partial charge < -0.3 is 14.7 Å². The Morgan fingerprint density at radius 1 is 0.818 bits per heavy atom. The van der Waals surface area contributed by atoms with Gasteiger partial charge in [0.25, 0.3) is 11.6 Å². The number of rotatable bonds is 4. The third-order valence-electron chi connectivity index (χ3n) is 6.34. The fourth-order valence-corrected chi connectivity index (χ4v) is 4.51. The molecule has 0 unspecified atom stereocenters. The maximum atomic E-state index is 14.7. The van der Waals surface area contributed by atoms with Gasteiger partial charge in [0, 0.05) is 44.8 Å². The van der Waals surface area contributed by atoms with E-state index in [9.17, 15) is 28.1 Å². The van der Waals surface area contributed by atoms with Crippen LogP contribution in [0.5, 0.6) is 0 Å². The van der Waals surface area contributed by atoms with Crippen molar-refractivity contribution in [1.82, 2.24) is 4.90 Å². The molecule has 2 saturated heterocycles. The SMILES string of the molecule is Cc1cc(F)c(F)cc1C(=O)N1CCN(c2cc(N3CCCCC3)c(F)cc2[N+](=O)[O-])CC1. The molecule has 10 heteroatoms. The van der Waals surface area contributed by atoms with Crippen LogP contribution in [0.25, 0.3) is 0 Å². The maximum absolute atomic E-state index is 14.7. The van der Waals surface area contributed by atoms with Crippen molar-refractivity contribution < 1.29 is 22.9 Å². The van der Waals surface area contributed by atoms with Gasteiger partial charge in [-0.25, -0.2) is 13.2 Å². The highest BCUT2D eigenvalue weighted by atomic mass is 19.2. The van der Waals surface area contributed by atoms with E-state index in [1.165, 1.54) is 17.9 Å². The molecule has 2 aromatic rings. The standard InChI is InChI=1S/C23H25F3N4O3/c1-15-11-17(24)18(25)12-16(15)23(31)29-9-7-28(8-10-29)21-14-20(27-5-3-2-4-6-27)19(26)13-22(21)30(32)33/h11-14H,2-10H2,1H3. The Labute approximate surface area is 189 Å². The minimum Gasteiger partial charge on any atom is -0.369 e. The Kier molecular flexibility index (Phi) is 6.44. The third-order valence-corrected chi connectivity index (χ3v) is 6.34. The smallest absolute Gasteiger partial charge is 0.295 e. The Morgan fingerprint density at radius 2 is 1.42 bits per heavy atom. The van der Waals surface area contributed by atoms with Crippen LogP contribution in [0.1, 0.15) is 35.2 Å². The molecular formula is C23H25F3N4O3. The van der Waals surface area contributed by atoms with Gasteiger partial charge in [-0.3, -0.25) is 14.9 Å². The molecule has 0 N–H and O–H groups in total. The maximum Gasteiger partial charge on any atom is 0.295 e. The normalized spacial score (nSPS) is 16.8. The summed E-state index contributed by atoms with van der Waals surface area (Å²) in [4.78, 5) is 29.1. The molecule has 7 nitrogen and oxygen atoms in total. The molecule has 4 rings (SSSR count). The van der Waals surface area contributed by atoms with Crippen molar-refractivity contribution in [3.8, 4) is 0 Å². The Morgan fingerprint density at radius 3 is 2.06 bits per heavy atom. The van der Waals surface area contributed by atoms with E-state index in [1.807, 2.05) is 4.90 Å². The zero-order valence-corrected chi connectivity index (χ0v) is 18.3. The van der Waals surface area contributed by atoms with Crippen LogP contribution in [0.2, 0.25) is 0 Å². The van der Waals surface area contributed by atoms with Crippen LogP contribution in [0.4, 0.5) is 30.2 Å². The highest BCUT2D eigenvalue weighted by Gasteiger charge is 2.30. The van der Waals surface area contributed by atoms with E-state index in [0.29, 0.717) is 43.1 Å². The van der Waals surface area contributed by atoms with Crippen LogP contribution in [0.3, 0.4) is 0 Å². The number of benzene rings is 2. The number of nitro benzene ring substituents is 1. The summed E-state index contributed by atoms with van der Waals surface area (Å²) < 4.78 is 41.8.